The minimum absolute atomic E-state index is 0.195. The molecule has 0 saturated carbocycles. The summed E-state index contributed by atoms with van der Waals surface area (Å²) in [5, 5.41) is 10.6. The van der Waals surface area contributed by atoms with Crippen LogP contribution in [-0.4, -0.2) is 34.9 Å². The number of allylic oxidation sites excluding steroid dienone is 1. The van der Waals surface area contributed by atoms with Gasteiger partial charge in [0.15, 0.2) is 0 Å². The molecule has 0 fully saturated rings. The molecular weight excluding hydrogens is 382 g/mol. The van der Waals surface area contributed by atoms with E-state index in [1.807, 2.05) is 55.5 Å². The fourth-order valence-corrected chi connectivity index (χ4v) is 3.60. The third-order valence-electron chi connectivity index (χ3n) is 5.07. The number of benzene rings is 2. The highest BCUT2D eigenvalue weighted by atomic mass is 16.5. The monoisotopic (exact) mass is 405 g/mol. The van der Waals surface area contributed by atoms with Crippen LogP contribution in [0.1, 0.15) is 24.1 Å². The first-order chi connectivity index (χ1) is 14.6. The Morgan fingerprint density at radius 2 is 1.97 bits per heavy atom. The van der Waals surface area contributed by atoms with Crippen molar-refractivity contribution in [1.29, 1.82) is 0 Å². The number of methoxy groups -OCH3 is 2. The van der Waals surface area contributed by atoms with Gasteiger partial charge in [0.1, 0.15) is 23.9 Å². The Balaban J connectivity index is 1.75. The Kier molecular flexibility index (Phi) is 5.38. The second-order valence-corrected chi connectivity index (χ2v) is 6.87. The number of nitrogens with zero attached hydrogens (tertiary/aromatic N) is 3. The molecule has 8 heteroatoms. The third kappa shape index (κ3) is 3.59. The molecule has 2 N–H and O–H groups in total. The molecule has 1 amide bonds. The van der Waals surface area contributed by atoms with Crippen molar-refractivity contribution in [2.24, 2.45) is 0 Å². The molecule has 3 aromatic rings. The Labute approximate surface area is 174 Å². The molecule has 0 saturated heterocycles. The van der Waals surface area contributed by atoms with E-state index in [9.17, 15) is 4.79 Å². The normalized spacial score (nSPS) is 15.2. The highest BCUT2D eigenvalue weighted by molar-refractivity contribution is 5.96. The zero-order chi connectivity index (χ0) is 21.1. The lowest BCUT2D eigenvalue weighted by Crippen LogP contribution is -2.35. The molecule has 0 unspecified atom stereocenters. The van der Waals surface area contributed by atoms with Gasteiger partial charge in [0.25, 0.3) is 5.91 Å². The first-order valence-electron chi connectivity index (χ1n) is 9.53. The van der Waals surface area contributed by atoms with Crippen LogP contribution in [0.3, 0.4) is 0 Å². The minimum atomic E-state index is -0.524. The SMILES string of the molecule is COc1ccc(OC)c([C@H]2C(C(=O)NCc3ccccc3)=C(C)Nc3ncnn32)c1. The number of ether oxygens (including phenoxy) is 2. The molecule has 1 atom stereocenters. The smallest absolute Gasteiger partial charge is 0.251 e. The van der Waals surface area contributed by atoms with Crippen LogP contribution in [0.5, 0.6) is 11.5 Å². The van der Waals surface area contributed by atoms with Gasteiger partial charge < -0.3 is 20.1 Å². The maximum atomic E-state index is 13.3. The van der Waals surface area contributed by atoms with Crippen LogP contribution in [0.15, 0.2) is 66.1 Å². The van der Waals surface area contributed by atoms with E-state index in [0.29, 0.717) is 35.3 Å². The highest BCUT2D eigenvalue weighted by Gasteiger charge is 2.35. The minimum Gasteiger partial charge on any atom is -0.497 e. The molecule has 1 aromatic heterocycles. The predicted octanol–water partition coefficient (Wildman–Crippen LogP) is 2.90. The summed E-state index contributed by atoms with van der Waals surface area (Å²) in [6, 6.07) is 14.7. The Morgan fingerprint density at radius 1 is 1.17 bits per heavy atom. The maximum Gasteiger partial charge on any atom is 0.251 e. The number of hydrogen-bond acceptors (Lipinski definition) is 6. The van der Waals surface area contributed by atoms with Crippen LogP contribution in [0.4, 0.5) is 5.95 Å². The lowest BCUT2D eigenvalue weighted by molar-refractivity contribution is -0.118. The molecule has 0 radical (unpaired) electrons. The van der Waals surface area contributed by atoms with Gasteiger partial charge in [0, 0.05) is 17.8 Å². The summed E-state index contributed by atoms with van der Waals surface area (Å²) >= 11 is 0. The Bertz CT molecular complexity index is 1090. The number of carbonyl (C=O) groups excluding carboxylic acids is 1. The highest BCUT2D eigenvalue weighted by Crippen LogP contribution is 2.40. The molecule has 4 rings (SSSR count). The molecule has 8 nitrogen and oxygen atoms in total. The van der Waals surface area contributed by atoms with Gasteiger partial charge in [0.05, 0.1) is 19.8 Å². The number of fused-ring (bicyclic) bond motifs is 1. The summed E-state index contributed by atoms with van der Waals surface area (Å²) in [5.74, 6) is 1.65. The van der Waals surface area contributed by atoms with Gasteiger partial charge in [-0.25, -0.2) is 4.68 Å². The van der Waals surface area contributed by atoms with Crippen LogP contribution in [0.2, 0.25) is 0 Å². The van der Waals surface area contributed by atoms with E-state index in [0.717, 1.165) is 11.1 Å². The summed E-state index contributed by atoms with van der Waals surface area (Å²) in [6.45, 7) is 2.28. The number of aromatic nitrogens is 3. The molecule has 30 heavy (non-hydrogen) atoms. The molecular formula is C22H23N5O3. The molecule has 2 aromatic carbocycles. The van der Waals surface area contributed by atoms with Crippen LogP contribution >= 0.6 is 0 Å². The van der Waals surface area contributed by atoms with Crippen molar-refractivity contribution in [2.75, 3.05) is 19.5 Å². The largest absolute Gasteiger partial charge is 0.497 e. The number of amides is 1. The van der Waals surface area contributed by atoms with E-state index >= 15 is 0 Å². The van der Waals surface area contributed by atoms with Crippen LogP contribution in [0.25, 0.3) is 0 Å². The van der Waals surface area contributed by atoms with Crippen molar-refractivity contribution in [1.82, 2.24) is 20.1 Å². The molecule has 1 aliphatic heterocycles. The number of carbonyl (C=O) groups is 1. The first kappa shape index (κ1) is 19.5. The average molecular weight is 405 g/mol. The van der Waals surface area contributed by atoms with Gasteiger partial charge in [-0.05, 0) is 30.7 Å². The van der Waals surface area contributed by atoms with E-state index in [4.69, 9.17) is 9.47 Å². The first-order valence-corrected chi connectivity index (χ1v) is 9.53. The molecule has 2 heterocycles. The van der Waals surface area contributed by atoms with E-state index in [1.165, 1.54) is 6.33 Å². The summed E-state index contributed by atoms with van der Waals surface area (Å²) < 4.78 is 12.7. The van der Waals surface area contributed by atoms with E-state index < -0.39 is 6.04 Å². The molecule has 0 spiro atoms. The van der Waals surface area contributed by atoms with Crippen molar-refractivity contribution in [3.63, 3.8) is 0 Å². The zero-order valence-corrected chi connectivity index (χ0v) is 17.0. The summed E-state index contributed by atoms with van der Waals surface area (Å²) in [7, 11) is 3.20. The fourth-order valence-electron chi connectivity index (χ4n) is 3.60. The molecule has 0 bridgehead atoms. The van der Waals surface area contributed by atoms with Crippen LogP contribution < -0.4 is 20.1 Å². The van der Waals surface area contributed by atoms with Crippen molar-refractivity contribution in [3.8, 4) is 11.5 Å². The summed E-state index contributed by atoms with van der Waals surface area (Å²) in [6.07, 6.45) is 1.46. The van der Waals surface area contributed by atoms with E-state index in [-0.39, 0.29) is 5.91 Å². The van der Waals surface area contributed by atoms with Crippen molar-refractivity contribution < 1.29 is 14.3 Å². The fraction of sp³-hybridized carbons (Fsp3) is 0.227. The van der Waals surface area contributed by atoms with E-state index in [1.54, 1.807) is 18.9 Å². The van der Waals surface area contributed by atoms with Gasteiger partial charge >= 0.3 is 0 Å². The van der Waals surface area contributed by atoms with E-state index in [2.05, 4.69) is 20.7 Å². The second-order valence-electron chi connectivity index (χ2n) is 6.87. The third-order valence-corrected chi connectivity index (χ3v) is 5.07. The van der Waals surface area contributed by atoms with Gasteiger partial charge in [-0.1, -0.05) is 30.3 Å². The number of anilines is 1. The summed E-state index contributed by atoms with van der Waals surface area (Å²) in [4.78, 5) is 17.6. The van der Waals surface area contributed by atoms with Crippen LogP contribution in [-0.2, 0) is 11.3 Å². The van der Waals surface area contributed by atoms with Crippen molar-refractivity contribution >= 4 is 11.9 Å². The Morgan fingerprint density at radius 3 is 2.70 bits per heavy atom. The lowest BCUT2D eigenvalue weighted by atomic mass is 9.94. The average Bonchev–Trinajstić information content (AvgIpc) is 3.24. The second kappa shape index (κ2) is 8.28. The van der Waals surface area contributed by atoms with Gasteiger partial charge in [0.2, 0.25) is 5.95 Å². The number of hydrogen-bond donors (Lipinski definition) is 2. The quantitative estimate of drug-likeness (QED) is 0.655. The number of rotatable bonds is 6. The van der Waals surface area contributed by atoms with Crippen LogP contribution in [0, 0.1) is 0 Å². The van der Waals surface area contributed by atoms with Gasteiger partial charge in [-0.3, -0.25) is 4.79 Å². The Hall–Kier alpha value is -3.81. The van der Waals surface area contributed by atoms with Gasteiger partial charge in [-0.2, -0.15) is 10.1 Å². The lowest BCUT2D eigenvalue weighted by Gasteiger charge is -2.29. The summed E-state index contributed by atoms with van der Waals surface area (Å²) in [5.41, 5.74) is 3.02. The molecule has 154 valence electrons. The molecule has 1 aliphatic rings. The van der Waals surface area contributed by atoms with Crippen molar-refractivity contribution in [3.05, 3.63) is 77.3 Å². The van der Waals surface area contributed by atoms with Gasteiger partial charge in [-0.15, -0.1) is 0 Å². The zero-order valence-electron chi connectivity index (χ0n) is 17.0. The number of nitrogens with one attached hydrogen (secondary N) is 2. The molecule has 0 aliphatic carbocycles. The van der Waals surface area contributed by atoms with Crippen molar-refractivity contribution in [2.45, 2.75) is 19.5 Å². The predicted molar refractivity (Wildman–Crippen MR) is 112 cm³/mol. The maximum absolute atomic E-state index is 13.3. The topological polar surface area (TPSA) is 90.3 Å². The standard InChI is InChI=1S/C22H23N5O3/c1-14-19(21(28)23-12-15-7-5-4-6-8-15)20(27-22(26-14)24-13-25-27)17-11-16(29-2)9-10-18(17)30-3/h4-11,13,20H,12H2,1-3H3,(H,23,28)(H,24,25,26)/t20-/m0/s1.